The second kappa shape index (κ2) is 6.98. The molecule has 0 spiro atoms. The molecule has 7 heteroatoms. The predicted octanol–water partition coefficient (Wildman–Crippen LogP) is 2.50. The van der Waals surface area contributed by atoms with Gasteiger partial charge in [-0.3, -0.25) is 4.31 Å². The predicted molar refractivity (Wildman–Crippen MR) is 105 cm³/mol. The van der Waals surface area contributed by atoms with Gasteiger partial charge in [0.1, 0.15) is 12.0 Å². The maximum absolute atomic E-state index is 12.1. The van der Waals surface area contributed by atoms with Gasteiger partial charge in [-0.05, 0) is 40.7 Å². The number of phenolic OH excluding ortho intramolecular Hbond substituents is 1. The van der Waals surface area contributed by atoms with Crippen molar-refractivity contribution in [2.24, 2.45) is 0 Å². The highest BCUT2D eigenvalue weighted by molar-refractivity contribution is 7.91. The van der Waals surface area contributed by atoms with Gasteiger partial charge in [0.25, 0.3) is 0 Å². The van der Waals surface area contributed by atoms with Gasteiger partial charge in [0.15, 0.2) is 0 Å². The molecule has 0 amide bonds. The molecule has 2 N–H and O–H groups in total. The molecule has 0 aromatic heterocycles. The Morgan fingerprint density at radius 1 is 1.15 bits per heavy atom. The molecule has 0 aliphatic carbocycles. The molecule has 2 aromatic carbocycles. The summed E-state index contributed by atoms with van der Waals surface area (Å²) in [5, 5.41) is 10.3. The summed E-state index contributed by atoms with van der Waals surface area (Å²) in [5.41, 5.74) is 3.48. The van der Waals surface area contributed by atoms with Crippen LogP contribution in [0, 0.1) is 0 Å². The van der Waals surface area contributed by atoms with E-state index in [1.165, 1.54) is 5.56 Å². The number of hydrogen-bond acceptors (Lipinski definition) is 4. The molecule has 1 fully saturated rings. The Labute approximate surface area is 160 Å². The largest absolute Gasteiger partial charge is 0.506 e. The zero-order chi connectivity index (χ0) is 19.8. The van der Waals surface area contributed by atoms with Crippen LogP contribution in [0.2, 0.25) is 0 Å². The number of benzene rings is 2. The number of nitrogens with one attached hydrogen (secondary N) is 1. The van der Waals surface area contributed by atoms with E-state index in [2.05, 4.69) is 49.8 Å². The van der Waals surface area contributed by atoms with E-state index in [9.17, 15) is 18.3 Å². The minimum Gasteiger partial charge on any atom is -0.506 e. The normalized spacial score (nSPS) is 19.2. The summed E-state index contributed by atoms with van der Waals surface area (Å²) in [7, 11) is -3.82. The lowest BCUT2D eigenvalue weighted by Gasteiger charge is -2.19. The van der Waals surface area contributed by atoms with Crippen molar-refractivity contribution in [3.63, 3.8) is 0 Å². The van der Waals surface area contributed by atoms with Crippen molar-refractivity contribution < 1.29 is 18.3 Å². The Bertz CT molecular complexity index is 947. The molecule has 6 nitrogen and oxygen atoms in total. The zero-order valence-electron chi connectivity index (χ0n) is 15.6. The van der Waals surface area contributed by atoms with Crippen LogP contribution in [-0.4, -0.2) is 32.4 Å². The fraction of sp³-hybridized carbons (Fsp3) is 0.350. The van der Waals surface area contributed by atoms with Gasteiger partial charge in [-0.25, -0.2) is 0 Å². The Kier molecular flexibility index (Phi) is 5.01. The Morgan fingerprint density at radius 2 is 1.78 bits per heavy atom. The molecular weight excluding hydrogens is 364 g/mol. The van der Waals surface area contributed by atoms with E-state index in [0.29, 0.717) is 12.7 Å². The lowest BCUT2D eigenvalue weighted by molar-refractivity contribution is -0.108. The summed E-state index contributed by atoms with van der Waals surface area (Å²) in [6, 6.07) is 12.4. The number of carbonyl (C=O) groups is 1. The summed E-state index contributed by atoms with van der Waals surface area (Å²) >= 11 is 0. The molecule has 2 aromatic rings. The molecule has 0 radical (unpaired) electrons. The molecule has 144 valence electrons. The van der Waals surface area contributed by atoms with Gasteiger partial charge in [0.05, 0.1) is 18.3 Å². The van der Waals surface area contributed by atoms with Crippen molar-refractivity contribution in [3.05, 3.63) is 59.2 Å². The highest BCUT2D eigenvalue weighted by atomic mass is 32.2. The van der Waals surface area contributed by atoms with Crippen molar-refractivity contribution in [1.29, 1.82) is 0 Å². The van der Waals surface area contributed by atoms with Crippen LogP contribution in [0.25, 0.3) is 0 Å². The number of hydrogen-bond donors (Lipinski definition) is 2. The summed E-state index contributed by atoms with van der Waals surface area (Å²) in [6.07, 6.45) is 1.17. The first-order chi connectivity index (χ1) is 12.6. The third-order valence-corrected chi connectivity index (χ3v) is 6.18. The summed E-state index contributed by atoms with van der Waals surface area (Å²) in [5.74, 6) is -0.129. The summed E-state index contributed by atoms with van der Waals surface area (Å²) in [4.78, 5) is 10.9. The Morgan fingerprint density at radius 3 is 2.30 bits per heavy atom. The fourth-order valence-electron chi connectivity index (χ4n) is 3.12. The maximum Gasteiger partial charge on any atom is 0.302 e. The van der Waals surface area contributed by atoms with Gasteiger partial charge in [-0.2, -0.15) is 13.1 Å². The number of anilines is 1. The molecule has 27 heavy (non-hydrogen) atoms. The number of nitrogens with zero attached hydrogens (tertiary/aromatic N) is 1. The SMILES string of the molecule is CC(C)(C)c1ccc(Cc2ccc(N3CC(C=O)NS3(=O)=O)c(O)c2)cc1. The molecule has 0 saturated carbocycles. The first-order valence-electron chi connectivity index (χ1n) is 8.77. The van der Waals surface area contributed by atoms with E-state index in [-0.39, 0.29) is 23.4 Å². The van der Waals surface area contributed by atoms with Crippen LogP contribution in [0.1, 0.15) is 37.5 Å². The van der Waals surface area contributed by atoms with E-state index in [1.54, 1.807) is 18.2 Å². The third kappa shape index (κ3) is 4.14. The van der Waals surface area contributed by atoms with Crippen LogP contribution < -0.4 is 9.03 Å². The van der Waals surface area contributed by atoms with Crippen LogP contribution in [0.4, 0.5) is 5.69 Å². The van der Waals surface area contributed by atoms with Crippen LogP contribution >= 0.6 is 0 Å². The zero-order valence-corrected chi connectivity index (χ0v) is 16.5. The van der Waals surface area contributed by atoms with Gasteiger partial charge in [-0.1, -0.05) is 51.1 Å². The lowest BCUT2D eigenvalue weighted by atomic mass is 9.86. The molecule has 0 bridgehead atoms. The maximum atomic E-state index is 12.1. The van der Waals surface area contributed by atoms with Gasteiger partial charge in [0.2, 0.25) is 0 Å². The topological polar surface area (TPSA) is 86.7 Å². The molecule has 1 heterocycles. The van der Waals surface area contributed by atoms with Crippen LogP contribution in [-0.2, 0) is 26.8 Å². The minimum absolute atomic E-state index is 0.0347. The van der Waals surface area contributed by atoms with Crippen LogP contribution in [0.5, 0.6) is 5.75 Å². The van der Waals surface area contributed by atoms with E-state index in [0.717, 1.165) is 15.4 Å². The van der Waals surface area contributed by atoms with Gasteiger partial charge in [-0.15, -0.1) is 0 Å². The molecule has 1 unspecified atom stereocenters. The Balaban J connectivity index is 1.80. The van der Waals surface area contributed by atoms with E-state index in [4.69, 9.17) is 0 Å². The van der Waals surface area contributed by atoms with Crippen molar-refractivity contribution in [1.82, 2.24) is 4.72 Å². The van der Waals surface area contributed by atoms with Crippen LogP contribution in [0.3, 0.4) is 0 Å². The van der Waals surface area contributed by atoms with Crippen molar-refractivity contribution >= 4 is 22.2 Å². The average molecular weight is 388 g/mol. The number of aldehydes is 1. The highest BCUT2D eigenvalue weighted by Crippen LogP contribution is 2.32. The third-order valence-electron chi connectivity index (χ3n) is 4.65. The van der Waals surface area contributed by atoms with Gasteiger partial charge < -0.3 is 9.90 Å². The first-order valence-corrected chi connectivity index (χ1v) is 10.2. The number of rotatable bonds is 4. The second-order valence-electron chi connectivity index (χ2n) is 7.84. The van der Waals surface area contributed by atoms with Crippen molar-refractivity contribution in [2.75, 3.05) is 10.8 Å². The quantitative estimate of drug-likeness (QED) is 0.788. The van der Waals surface area contributed by atoms with E-state index >= 15 is 0 Å². The molecule has 1 aliphatic heterocycles. The second-order valence-corrected chi connectivity index (χ2v) is 9.47. The molecule has 1 atom stereocenters. The number of phenols is 1. The van der Waals surface area contributed by atoms with E-state index in [1.807, 2.05) is 0 Å². The Hall–Kier alpha value is -2.38. The fourth-order valence-corrected chi connectivity index (χ4v) is 4.53. The van der Waals surface area contributed by atoms with Crippen LogP contribution in [0.15, 0.2) is 42.5 Å². The van der Waals surface area contributed by atoms with E-state index < -0.39 is 16.3 Å². The lowest BCUT2D eigenvalue weighted by Crippen LogP contribution is -2.30. The average Bonchev–Trinajstić information content (AvgIpc) is 2.89. The minimum atomic E-state index is -3.82. The number of aromatic hydroxyl groups is 1. The molecular formula is C20H24N2O4S. The monoisotopic (exact) mass is 388 g/mol. The van der Waals surface area contributed by atoms with Crippen molar-refractivity contribution in [3.8, 4) is 5.75 Å². The highest BCUT2D eigenvalue weighted by Gasteiger charge is 2.36. The molecule has 1 aliphatic rings. The molecule has 3 rings (SSSR count). The summed E-state index contributed by atoms with van der Waals surface area (Å²) < 4.78 is 27.5. The standard InChI is InChI=1S/C20H24N2O4S/c1-20(2,3)16-7-4-14(5-8-16)10-15-6-9-18(19(24)11-15)22-12-17(13-23)21-27(22,25)26/h4-9,11,13,17,21,24H,10,12H2,1-3H3. The summed E-state index contributed by atoms with van der Waals surface area (Å²) in [6.45, 7) is 6.45. The molecule has 1 saturated heterocycles. The van der Waals surface area contributed by atoms with Gasteiger partial charge in [0, 0.05) is 0 Å². The first kappa shape index (κ1) is 19.4. The van der Waals surface area contributed by atoms with Gasteiger partial charge >= 0.3 is 10.2 Å². The number of carbonyl (C=O) groups excluding carboxylic acids is 1. The smallest absolute Gasteiger partial charge is 0.302 e. The van der Waals surface area contributed by atoms with Crippen molar-refractivity contribution in [2.45, 2.75) is 38.6 Å².